The van der Waals surface area contributed by atoms with Crippen LogP contribution in [0.3, 0.4) is 0 Å². The molecule has 27 heavy (non-hydrogen) atoms. The number of carbonyl (C=O) groups excluding carboxylic acids is 2. The number of likely N-dealkylation sites (N-methyl/N-ethyl adjacent to an activating group) is 1. The monoisotopic (exact) mass is 365 g/mol. The number of aryl methyl sites for hydroxylation is 2. The molecule has 6 heteroatoms. The molecule has 2 amide bonds. The molecular weight excluding hydrogens is 342 g/mol. The summed E-state index contributed by atoms with van der Waals surface area (Å²) in [6.45, 7) is 5.63. The van der Waals surface area contributed by atoms with Gasteiger partial charge < -0.3 is 19.5 Å². The van der Waals surface area contributed by atoms with Gasteiger partial charge in [-0.1, -0.05) is 12.2 Å². The Kier molecular flexibility index (Phi) is 3.35. The van der Waals surface area contributed by atoms with Crippen molar-refractivity contribution in [1.29, 1.82) is 0 Å². The van der Waals surface area contributed by atoms with Crippen molar-refractivity contribution in [3.8, 4) is 0 Å². The minimum absolute atomic E-state index is 0.00639. The lowest BCUT2D eigenvalue weighted by Crippen LogP contribution is -2.41. The molecule has 0 saturated carbocycles. The van der Waals surface area contributed by atoms with E-state index in [-0.39, 0.29) is 17.9 Å². The fourth-order valence-corrected chi connectivity index (χ4v) is 5.12. The van der Waals surface area contributed by atoms with Crippen LogP contribution in [0.1, 0.15) is 12.6 Å². The van der Waals surface area contributed by atoms with Gasteiger partial charge in [0.25, 0.3) is 0 Å². The maximum absolute atomic E-state index is 13.1. The third-order valence-corrected chi connectivity index (χ3v) is 6.28. The van der Waals surface area contributed by atoms with Gasteiger partial charge in [0, 0.05) is 35.9 Å². The van der Waals surface area contributed by atoms with Crippen molar-refractivity contribution in [2.24, 2.45) is 11.8 Å². The van der Waals surface area contributed by atoms with E-state index in [4.69, 9.17) is 4.74 Å². The summed E-state index contributed by atoms with van der Waals surface area (Å²) in [5, 5.41) is 4.12. The number of benzene rings is 1. The lowest BCUT2D eigenvalue weighted by atomic mass is 9.77. The predicted molar refractivity (Wildman–Crippen MR) is 102 cm³/mol. The van der Waals surface area contributed by atoms with Gasteiger partial charge in [-0.15, -0.1) is 0 Å². The van der Waals surface area contributed by atoms with E-state index in [1.807, 2.05) is 30.4 Å². The minimum Gasteiger partial charge on any atom is -0.360 e. The Morgan fingerprint density at radius 3 is 2.96 bits per heavy atom. The highest BCUT2D eigenvalue weighted by atomic mass is 16.5. The fraction of sp³-hybridized carbons (Fsp3) is 0.429. The van der Waals surface area contributed by atoms with E-state index in [2.05, 4.69) is 29.8 Å². The molecule has 4 heterocycles. The van der Waals surface area contributed by atoms with Gasteiger partial charge >= 0.3 is 0 Å². The van der Waals surface area contributed by atoms with Crippen LogP contribution in [-0.4, -0.2) is 46.6 Å². The summed E-state index contributed by atoms with van der Waals surface area (Å²) in [4.78, 5) is 27.3. The number of amides is 2. The zero-order chi connectivity index (χ0) is 18.9. The van der Waals surface area contributed by atoms with Gasteiger partial charge in [-0.25, -0.2) is 0 Å². The maximum atomic E-state index is 13.1. The first-order valence-corrected chi connectivity index (χ1v) is 9.46. The lowest BCUT2D eigenvalue weighted by Gasteiger charge is -2.23. The van der Waals surface area contributed by atoms with E-state index in [1.54, 1.807) is 11.9 Å². The third kappa shape index (κ3) is 2.16. The Morgan fingerprint density at radius 2 is 2.19 bits per heavy atom. The molecule has 1 aromatic carbocycles. The van der Waals surface area contributed by atoms with E-state index in [1.165, 1.54) is 5.69 Å². The second-order valence-corrected chi connectivity index (χ2v) is 7.89. The molecule has 1 N–H and O–H groups in total. The molecule has 2 bridgehead atoms. The molecule has 3 aliphatic heterocycles. The summed E-state index contributed by atoms with van der Waals surface area (Å²) in [6.07, 6.45) is 3.58. The highest BCUT2D eigenvalue weighted by Crippen LogP contribution is 2.51. The SMILES string of the molecule is CCn1c(C)cc2cc(NC(=O)[C@H]3[C@@H]4C=C[C@@]5(CN(C)C(=O)[C@@H]35)O4)ccc21. The average Bonchev–Trinajstić information content (AvgIpc) is 3.33. The van der Waals surface area contributed by atoms with Crippen LogP contribution in [0.2, 0.25) is 0 Å². The molecule has 1 aromatic heterocycles. The van der Waals surface area contributed by atoms with Gasteiger partial charge in [-0.05, 0) is 38.1 Å². The summed E-state index contributed by atoms with van der Waals surface area (Å²) >= 11 is 0. The number of ether oxygens (including phenoxy) is 1. The number of carbonyl (C=O) groups is 2. The Hall–Kier alpha value is -2.60. The van der Waals surface area contributed by atoms with Crippen LogP contribution in [-0.2, 0) is 20.9 Å². The van der Waals surface area contributed by atoms with Crippen molar-refractivity contribution >= 4 is 28.4 Å². The number of hydrogen-bond donors (Lipinski definition) is 1. The molecule has 0 radical (unpaired) electrons. The zero-order valence-electron chi connectivity index (χ0n) is 15.7. The van der Waals surface area contributed by atoms with Gasteiger partial charge in [0.2, 0.25) is 11.8 Å². The Labute approximate surface area is 157 Å². The molecular formula is C21H23N3O3. The second kappa shape index (κ2) is 5.45. The molecule has 2 saturated heterocycles. The minimum atomic E-state index is -0.627. The van der Waals surface area contributed by atoms with Crippen LogP contribution < -0.4 is 5.32 Å². The topological polar surface area (TPSA) is 63.6 Å². The summed E-state index contributed by atoms with van der Waals surface area (Å²) in [6, 6.07) is 8.08. The van der Waals surface area contributed by atoms with Crippen LogP contribution in [0.5, 0.6) is 0 Å². The molecule has 5 rings (SSSR count). The molecule has 2 fully saturated rings. The van der Waals surface area contributed by atoms with Crippen LogP contribution >= 0.6 is 0 Å². The smallest absolute Gasteiger partial charge is 0.231 e. The van der Waals surface area contributed by atoms with Crippen LogP contribution in [0.15, 0.2) is 36.4 Å². The first kappa shape index (κ1) is 16.6. The number of nitrogens with one attached hydrogen (secondary N) is 1. The van der Waals surface area contributed by atoms with E-state index < -0.39 is 17.4 Å². The van der Waals surface area contributed by atoms with E-state index in [0.29, 0.717) is 6.54 Å². The highest BCUT2D eigenvalue weighted by Gasteiger charge is 2.66. The fourth-order valence-electron chi connectivity index (χ4n) is 5.12. The van der Waals surface area contributed by atoms with E-state index >= 15 is 0 Å². The van der Waals surface area contributed by atoms with E-state index in [0.717, 1.165) is 23.1 Å². The number of nitrogens with zero attached hydrogens (tertiary/aromatic N) is 2. The number of rotatable bonds is 3. The highest BCUT2D eigenvalue weighted by molar-refractivity contribution is 6.00. The molecule has 4 atom stereocenters. The zero-order valence-corrected chi connectivity index (χ0v) is 15.7. The van der Waals surface area contributed by atoms with Crippen LogP contribution in [0.4, 0.5) is 5.69 Å². The van der Waals surface area contributed by atoms with Crippen molar-refractivity contribution in [2.75, 3.05) is 18.9 Å². The molecule has 6 nitrogen and oxygen atoms in total. The van der Waals surface area contributed by atoms with Crippen molar-refractivity contribution in [2.45, 2.75) is 32.1 Å². The summed E-state index contributed by atoms with van der Waals surface area (Å²) < 4.78 is 8.30. The molecule has 3 aliphatic rings. The van der Waals surface area contributed by atoms with Gasteiger partial charge in [0.05, 0.1) is 24.5 Å². The van der Waals surface area contributed by atoms with Crippen LogP contribution in [0, 0.1) is 18.8 Å². The number of likely N-dealkylation sites (tertiary alicyclic amines) is 1. The van der Waals surface area contributed by atoms with Crippen molar-refractivity contribution in [3.05, 3.63) is 42.1 Å². The number of fused-ring (bicyclic) bond motifs is 2. The quantitative estimate of drug-likeness (QED) is 0.849. The Balaban J connectivity index is 1.43. The summed E-state index contributed by atoms with van der Waals surface area (Å²) in [5.41, 5.74) is 2.48. The number of hydrogen-bond acceptors (Lipinski definition) is 3. The first-order chi connectivity index (χ1) is 12.9. The number of aromatic nitrogens is 1. The van der Waals surface area contributed by atoms with Gasteiger partial charge in [0.15, 0.2) is 0 Å². The molecule has 0 aliphatic carbocycles. The normalized spacial score (nSPS) is 31.1. The molecule has 0 unspecified atom stereocenters. The van der Waals surface area contributed by atoms with Gasteiger partial charge in [0.1, 0.15) is 5.60 Å². The largest absolute Gasteiger partial charge is 0.360 e. The average molecular weight is 365 g/mol. The number of anilines is 1. The summed E-state index contributed by atoms with van der Waals surface area (Å²) in [7, 11) is 1.77. The summed E-state index contributed by atoms with van der Waals surface area (Å²) in [5.74, 6) is -1.06. The van der Waals surface area contributed by atoms with Gasteiger partial charge in [-0.3, -0.25) is 9.59 Å². The predicted octanol–water partition coefficient (Wildman–Crippen LogP) is 2.32. The third-order valence-electron chi connectivity index (χ3n) is 6.28. The van der Waals surface area contributed by atoms with Crippen molar-refractivity contribution < 1.29 is 14.3 Å². The van der Waals surface area contributed by atoms with Gasteiger partial charge in [-0.2, -0.15) is 0 Å². The molecule has 140 valence electrons. The van der Waals surface area contributed by atoms with Crippen LogP contribution in [0.25, 0.3) is 10.9 Å². The second-order valence-electron chi connectivity index (χ2n) is 7.89. The maximum Gasteiger partial charge on any atom is 0.231 e. The Morgan fingerprint density at radius 1 is 1.37 bits per heavy atom. The lowest BCUT2D eigenvalue weighted by molar-refractivity contribution is -0.134. The van der Waals surface area contributed by atoms with E-state index in [9.17, 15) is 9.59 Å². The standard InChI is InChI=1S/C21H23N3O3/c1-4-24-12(2)9-13-10-14(5-6-15(13)24)22-19(25)17-16-7-8-21(27-16)11-23(3)20(26)18(17)21/h5-10,16-18H,4,11H2,1-3H3,(H,22,25)/t16-,17-,18+,21-/m0/s1. The van der Waals surface area contributed by atoms with Crippen molar-refractivity contribution in [3.63, 3.8) is 0 Å². The Bertz CT molecular complexity index is 1010. The molecule has 1 spiro atoms. The molecule has 2 aromatic rings. The van der Waals surface area contributed by atoms with Crippen molar-refractivity contribution in [1.82, 2.24) is 9.47 Å². The first-order valence-electron chi connectivity index (χ1n) is 9.46.